The lowest BCUT2D eigenvalue weighted by atomic mass is 10.1. The number of aliphatic carboxylic acids is 1. The molecule has 0 atom stereocenters. The normalized spacial score (nSPS) is 10.8. The molecule has 1 aromatic heterocycles. The number of benzene rings is 1. The summed E-state index contributed by atoms with van der Waals surface area (Å²) in [6, 6.07) is 6.09. The predicted molar refractivity (Wildman–Crippen MR) is 91.6 cm³/mol. The SMILES string of the molecule is CCCn1c(SCC(=O)O)nnc1-c1cccc(C)c1I. The lowest BCUT2D eigenvalue weighted by Gasteiger charge is -2.10. The average molecular weight is 417 g/mol. The number of hydrogen-bond donors (Lipinski definition) is 1. The van der Waals surface area contributed by atoms with Crippen LogP contribution in [0.1, 0.15) is 18.9 Å². The van der Waals surface area contributed by atoms with Crippen LogP contribution in [-0.2, 0) is 11.3 Å². The molecule has 0 fully saturated rings. The standard InChI is InChI=1S/C14H16IN3O2S/c1-3-7-18-13(10-6-4-5-9(2)12(10)15)16-17-14(18)21-8-11(19)20/h4-6H,3,7-8H2,1-2H3,(H,19,20). The molecule has 1 heterocycles. The zero-order chi connectivity index (χ0) is 15.4. The van der Waals surface area contributed by atoms with Gasteiger partial charge in [0.25, 0.3) is 0 Å². The van der Waals surface area contributed by atoms with Gasteiger partial charge in [-0.05, 0) is 41.5 Å². The molecule has 1 N–H and O–H groups in total. The first-order chi connectivity index (χ1) is 10.0. The number of carboxylic acids is 1. The van der Waals surface area contributed by atoms with Gasteiger partial charge in [0.15, 0.2) is 11.0 Å². The van der Waals surface area contributed by atoms with Crippen molar-refractivity contribution in [3.63, 3.8) is 0 Å². The molecule has 7 heteroatoms. The molecule has 1 aromatic carbocycles. The van der Waals surface area contributed by atoms with Gasteiger partial charge in [0, 0.05) is 15.7 Å². The highest BCUT2D eigenvalue weighted by Gasteiger charge is 2.17. The van der Waals surface area contributed by atoms with Gasteiger partial charge >= 0.3 is 5.97 Å². The fourth-order valence-electron chi connectivity index (χ4n) is 1.97. The summed E-state index contributed by atoms with van der Waals surface area (Å²) in [5.74, 6) is -0.0530. The molecule has 0 radical (unpaired) electrons. The van der Waals surface area contributed by atoms with Crippen molar-refractivity contribution < 1.29 is 9.90 Å². The first kappa shape index (κ1) is 16.3. The quantitative estimate of drug-likeness (QED) is 0.576. The topological polar surface area (TPSA) is 68.0 Å². The Kier molecular flexibility index (Phi) is 5.63. The molecule has 0 aliphatic heterocycles. The maximum absolute atomic E-state index is 10.7. The number of nitrogens with zero attached hydrogens (tertiary/aromatic N) is 3. The molecular weight excluding hydrogens is 401 g/mol. The van der Waals surface area contributed by atoms with Crippen molar-refractivity contribution in [1.82, 2.24) is 14.8 Å². The molecule has 21 heavy (non-hydrogen) atoms. The number of aromatic nitrogens is 3. The number of hydrogen-bond acceptors (Lipinski definition) is 4. The zero-order valence-corrected chi connectivity index (χ0v) is 14.8. The Morgan fingerprint density at radius 1 is 1.43 bits per heavy atom. The van der Waals surface area contributed by atoms with Crippen LogP contribution in [0.15, 0.2) is 23.4 Å². The van der Waals surface area contributed by atoms with Crippen LogP contribution in [0.3, 0.4) is 0 Å². The molecule has 0 spiro atoms. The van der Waals surface area contributed by atoms with Crippen LogP contribution in [0.4, 0.5) is 0 Å². The van der Waals surface area contributed by atoms with Gasteiger partial charge in [-0.15, -0.1) is 10.2 Å². The molecule has 0 amide bonds. The van der Waals surface area contributed by atoms with E-state index in [0.29, 0.717) is 5.16 Å². The minimum absolute atomic E-state index is 0.00719. The lowest BCUT2D eigenvalue weighted by molar-refractivity contribution is -0.133. The van der Waals surface area contributed by atoms with Crippen molar-refractivity contribution in [2.45, 2.75) is 32.0 Å². The summed E-state index contributed by atoms with van der Waals surface area (Å²) in [6.07, 6.45) is 0.939. The second-order valence-electron chi connectivity index (χ2n) is 4.58. The van der Waals surface area contributed by atoms with Gasteiger partial charge < -0.3 is 9.67 Å². The number of halogens is 1. The Balaban J connectivity index is 2.43. The van der Waals surface area contributed by atoms with Gasteiger partial charge in [0.05, 0.1) is 5.75 Å². The van der Waals surface area contributed by atoms with E-state index in [1.165, 1.54) is 17.3 Å². The molecule has 112 valence electrons. The molecule has 0 aliphatic carbocycles. The fraction of sp³-hybridized carbons (Fsp3) is 0.357. The number of thioether (sulfide) groups is 1. The smallest absolute Gasteiger partial charge is 0.313 e. The van der Waals surface area contributed by atoms with Gasteiger partial charge in [-0.1, -0.05) is 36.9 Å². The zero-order valence-electron chi connectivity index (χ0n) is 11.8. The van der Waals surface area contributed by atoms with Crippen molar-refractivity contribution in [2.75, 3.05) is 5.75 Å². The third-order valence-corrected chi connectivity index (χ3v) is 5.30. The highest BCUT2D eigenvalue weighted by atomic mass is 127. The molecule has 0 saturated heterocycles. The van der Waals surface area contributed by atoms with E-state index in [0.717, 1.165) is 27.9 Å². The second-order valence-corrected chi connectivity index (χ2v) is 6.60. The van der Waals surface area contributed by atoms with Gasteiger partial charge in [-0.3, -0.25) is 4.79 Å². The van der Waals surface area contributed by atoms with Crippen molar-refractivity contribution in [2.24, 2.45) is 0 Å². The van der Waals surface area contributed by atoms with E-state index in [2.05, 4.69) is 52.7 Å². The number of rotatable bonds is 6. The van der Waals surface area contributed by atoms with E-state index in [1.807, 2.05) is 16.7 Å². The molecule has 2 aromatic rings. The Bertz CT molecular complexity index is 658. The lowest BCUT2D eigenvalue weighted by Crippen LogP contribution is -2.05. The Morgan fingerprint density at radius 2 is 2.19 bits per heavy atom. The Morgan fingerprint density at radius 3 is 2.86 bits per heavy atom. The number of carboxylic acid groups (broad SMARTS) is 1. The van der Waals surface area contributed by atoms with E-state index in [4.69, 9.17) is 5.11 Å². The predicted octanol–water partition coefficient (Wildman–Crippen LogP) is 3.44. The highest BCUT2D eigenvalue weighted by Crippen LogP contribution is 2.29. The fourth-order valence-corrected chi connectivity index (χ4v) is 3.25. The summed E-state index contributed by atoms with van der Waals surface area (Å²) in [7, 11) is 0. The largest absolute Gasteiger partial charge is 0.481 e. The van der Waals surface area contributed by atoms with Gasteiger partial charge in [0.2, 0.25) is 0 Å². The van der Waals surface area contributed by atoms with Crippen molar-refractivity contribution in [3.8, 4) is 11.4 Å². The van der Waals surface area contributed by atoms with E-state index in [-0.39, 0.29) is 5.75 Å². The van der Waals surface area contributed by atoms with Crippen LogP contribution in [0.5, 0.6) is 0 Å². The summed E-state index contributed by atoms with van der Waals surface area (Å²) < 4.78 is 3.15. The van der Waals surface area contributed by atoms with E-state index in [1.54, 1.807) is 0 Å². The minimum atomic E-state index is -0.849. The maximum Gasteiger partial charge on any atom is 0.313 e. The summed E-state index contributed by atoms with van der Waals surface area (Å²) in [5, 5.41) is 17.9. The monoisotopic (exact) mass is 417 g/mol. The van der Waals surface area contributed by atoms with E-state index in [9.17, 15) is 4.79 Å². The van der Waals surface area contributed by atoms with Crippen LogP contribution in [-0.4, -0.2) is 31.6 Å². The second kappa shape index (κ2) is 7.26. The summed E-state index contributed by atoms with van der Waals surface area (Å²) >= 11 is 3.52. The minimum Gasteiger partial charge on any atom is -0.481 e. The van der Waals surface area contributed by atoms with Crippen molar-refractivity contribution in [3.05, 3.63) is 27.3 Å². The molecular formula is C14H16IN3O2S. The van der Waals surface area contributed by atoms with E-state index >= 15 is 0 Å². The maximum atomic E-state index is 10.7. The Labute approximate surface area is 141 Å². The number of carbonyl (C=O) groups is 1. The first-order valence-electron chi connectivity index (χ1n) is 6.57. The third kappa shape index (κ3) is 3.76. The first-order valence-corrected chi connectivity index (χ1v) is 8.64. The molecule has 0 aliphatic rings. The van der Waals surface area contributed by atoms with Crippen LogP contribution in [0, 0.1) is 10.5 Å². The van der Waals surface area contributed by atoms with Gasteiger partial charge in [-0.2, -0.15) is 0 Å². The Hall–Kier alpha value is -1.09. The summed E-state index contributed by atoms with van der Waals surface area (Å²) in [6.45, 7) is 4.91. The van der Waals surface area contributed by atoms with Crippen LogP contribution >= 0.6 is 34.4 Å². The van der Waals surface area contributed by atoms with Crippen LogP contribution in [0.2, 0.25) is 0 Å². The van der Waals surface area contributed by atoms with Gasteiger partial charge in [0.1, 0.15) is 0 Å². The summed E-state index contributed by atoms with van der Waals surface area (Å²) in [4.78, 5) is 10.7. The number of aryl methyl sites for hydroxylation is 1. The average Bonchev–Trinajstić information content (AvgIpc) is 2.83. The molecule has 0 saturated carbocycles. The van der Waals surface area contributed by atoms with Crippen molar-refractivity contribution in [1.29, 1.82) is 0 Å². The third-order valence-electron chi connectivity index (χ3n) is 2.92. The molecule has 5 nitrogen and oxygen atoms in total. The highest BCUT2D eigenvalue weighted by molar-refractivity contribution is 14.1. The summed E-state index contributed by atoms with van der Waals surface area (Å²) in [5.41, 5.74) is 2.23. The molecule has 2 rings (SSSR count). The van der Waals surface area contributed by atoms with Crippen LogP contribution in [0.25, 0.3) is 11.4 Å². The van der Waals surface area contributed by atoms with Gasteiger partial charge in [-0.25, -0.2) is 0 Å². The van der Waals surface area contributed by atoms with E-state index < -0.39 is 5.97 Å². The van der Waals surface area contributed by atoms with Crippen LogP contribution < -0.4 is 0 Å². The molecule has 0 bridgehead atoms. The molecule has 0 unspecified atom stereocenters. The van der Waals surface area contributed by atoms with Crippen molar-refractivity contribution >= 4 is 40.3 Å².